The summed E-state index contributed by atoms with van der Waals surface area (Å²) in [5.41, 5.74) is 2.60. The lowest BCUT2D eigenvalue weighted by Gasteiger charge is -2.31. The van der Waals surface area contributed by atoms with Crippen LogP contribution >= 0.6 is 31.9 Å². The van der Waals surface area contributed by atoms with E-state index in [1.807, 2.05) is 71.0 Å². The number of nitrogens with zero attached hydrogens (tertiary/aromatic N) is 1. The third kappa shape index (κ3) is 7.65. The van der Waals surface area contributed by atoms with Crippen molar-refractivity contribution in [3.05, 3.63) is 62.0 Å². The second kappa shape index (κ2) is 10.6. The molecule has 168 valence electrons. The molecule has 2 rings (SSSR count). The quantitative estimate of drug-likeness (QED) is 0.489. The molecule has 7 heteroatoms. The standard InChI is InChI=1S/C24H30Br2N2O3/c1-15-10-20(11-16(2)22(15)26)31-14-21(29)28(13-18-8-7-9-19(25)12-18)17(3)23(30)27-24(4,5)6/h7-12,17H,13-14H2,1-6H3,(H,27,30)/t17-/m0/s1. The van der Waals surface area contributed by atoms with E-state index >= 15 is 0 Å². The van der Waals surface area contributed by atoms with Crippen LogP contribution in [0.4, 0.5) is 0 Å². The molecule has 1 N–H and O–H groups in total. The van der Waals surface area contributed by atoms with Crippen molar-refractivity contribution < 1.29 is 14.3 Å². The predicted octanol–water partition coefficient (Wildman–Crippen LogP) is 5.54. The molecule has 1 atom stereocenters. The highest BCUT2D eigenvalue weighted by molar-refractivity contribution is 9.10. The maximum atomic E-state index is 13.2. The second-order valence-electron chi connectivity index (χ2n) is 8.73. The van der Waals surface area contributed by atoms with Crippen LogP contribution in [-0.4, -0.2) is 34.9 Å². The fourth-order valence-corrected chi connectivity index (χ4v) is 3.78. The Labute approximate surface area is 201 Å². The smallest absolute Gasteiger partial charge is 0.261 e. The van der Waals surface area contributed by atoms with E-state index in [9.17, 15) is 9.59 Å². The number of benzene rings is 2. The number of amides is 2. The van der Waals surface area contributed by atoms with Crippen molar-refractivity contribution in [2.75, 3.05) is 6.61 Å². The number of carbonyl (C=O) groups excluding carboxylic acids is 2. The van der Waals surface area contributed by atoms with Crippen LogP contribution in [0.1, 0.15) is 44.4 Å². The molecule has 0 spiro atoms. The minimum Gasteiger partial charge on any atom is -0.484 e. The van der Waals surface area contributed by atoms with Gasteiger partial charge in [-0.15, -0.1) is 0 Å². The third-order valence-electron chi connectivity index (χ3n) is 4.68. The summed E-state index contributed by atoms with van der Waals surface area (Å²) < 4.78 is 7.75. The van der Waals surface area contributed by atoms with E-state index in [2.05, 4.69) is 37.2 Å². The first-order valence-electron chi connectivity index (χ1n) is 10.1. The van der Waals surface area contributed by atoms with Crippen LogP contribution < -0.4 is 10.1 Å². The van der Waals surface area contributed by atoms with Crippen LogP contribution in [0.15, 0.2) is 45.3 Å². The van der Waals surface area contributed by atoms with Crippen LogP contribution in [0.5, 0.6) is 5.75 Å². The average molecular weight is 554 g/mol. The van der Waals surface area contributed by atoms with Gasteiger partial charge in [0.15, 0.2) is 6.61 Å². The Morgan fingerprint density at radius 2 is 1.71 bits per heavy atom. The summed E-state index contributed by atoms with van der Waals surface area (Å²) in [6, 6.07) is 10.8. The highest BCUT2D eigenvalue weighted by Gasteiger charge is 2.28. The van der Waals surface area contributed by atoms with Crippen LogP contribution in [0, 0.1) is 13.8 Å². The molecule has 31 heavy (non-hydrogen) atoms. The number of aryl methyl sites for hydroxylation is 2. The van der Waals surface area contributed by atoms with Crippen molar-refractivity contribution in [2.24, 2.45) is 0 Å². The molecule has 2 amide bonds. The van der Waals surface area contributed by atoms with Crippen LogP contribution in [0.2, 0.25) is 0 Å². The summed E-state index contributed by atoms with van der Waals surface area (Å²) in [5, 5.41) is 2.96. The van der Waals surface area contributed by atoms with Crippen molar-refractivity contribution >= 4 is 43.7 Å². The predicted molar refractivity (Wildman–Crippen MR) is 131 cm³/mol. The molecular weight excluding hydrogens is 524 g/mol. The Morgan fingerprint density at radius 3 is 2.26 bits per heavy atom. The Balaban J connectivity index is 2.21. The molecule has 0 aliphatic rings. The number of rotatable bonds is 7. The van der Waals surface area contributed by atoms with Gasteiger partial charge in [-0.2, -0.15) is 0 Å². The van der Waals surface area contributed by atoms with Gasteiger partial charge in [0, 0.05) is 21.0 Å². The molecule has 2 aromatic carbocycles. The van der Waals surface area contributed by atoms with Crippen molar-refractivity contribution in [1.82, 2.24) is 10.2 Å². The van der Waals surface area contributed by atoms with Crippen molar-refractivity contribution in [3.63, 3.8) is 0 Å². The van der Waals surface area contributed by atoms with Gasteiger partial charge in [0.25, 0.3) is 5.91 Å². The summed E-state index contributed by atoms with van der Waals surface area (Å²) in [7, 11) is 0. The lowest BCUT2D eigenvalue weighted by atomic mass is 10.1. The maximum Gasteiger partial charge on any atom is 0.261 e. The second-order valence-corrected chi connectivity index (χ2v) is 10.4. The molecule has 2 aromatic rings. The van der Waals surface area contributed by atoms with E-state index in [1.165, 1.54) is 0 Å². The topological polar surface area (TPSA) is 58.6 Å². The first-order chi connectivity index (χ1) is 14.4. The third-order valence-corrected chi connectivity index (χ3v) is 6.42. The normalized spacial score (nSPS) is 12.3. The monoisotopic (exact) mass is 552 g/mol. The van der Waals surface area contributed by atoms with Crippen LogP contribution in [0.25, 0.3) is 0 Å². The molecule has 0 radical (unpaired) electrons. The van der Waals surface area contributed by atoms with Gasteiger partial charge >= 0.3 is 0 Å². The molecular formula is C24H30Br2N2O3. The molecule has 0 unspecified atom stereocenters. The van der Waals surface area contributed by atoms with Crippen molar-refractivity contribution in [3.8, 4) is 5.75 Å². The van der Waals surface area contributed by atoms with Crippen molar-refractivity contribution in [1.29, 1.82) is 0 Å². The van der Waals surface area contributed by atoms with E-state index in [4.69, 9.17) is 4.74 Å². The minimum atomic E-state index is -0.650. The van der Waals surface area contributed by atoms with Gasteiger partial charge in [0.2, 0.25) is 5.91 Å². The Morgan fingerprint density at radius 1 is 1.10 bits per heavy atom. The Hall–Kier alpha value is -1.86. The molecule has 0 saturated heterocycles. The lowest BCUT2D eigenvalue weighted by Crippen LogP contribution is -2.53. The van der Waals surface area contributed by atoms with Gasteiger partial charge in [-0.3, -0.25) is 9.59 Å². The number of halogens is 2. The van der Waals surface area contributed by atoms with Gasteiger partial charge in [-0.25, -0.2) is 0 Å². The maximum absolute atomic E-state index is 13.2. The number of carbonyl (C=O) groups is 2. The van der Waals surface area contributed by atoms with E-state index in [-0.39, 0.29) is 18.4 Å². The summed E-state index contributed by atoms with van der Waals surface area (Å²) in [4.78, 5) is 27.5. The summed E-state index contributed by atoms with van der Waals surface area (Å²) in [5.74, 6) is 0.168. The highest BCUT2D eigenvalue weighted by Crippen LogP contribution is 2.26. The fourth-order valence-electron chi connectivity index (χ4n) is 3.11. The first-order valence-corrected chi connectivity index (χ1v) is 11.7. The number of hydrogen-bond acceptors (Lipinski definition) is 3. The van der Waals surface area contributed by atoms with Crippen LogP contribution in [-0.2, 0) is 16.1 Å². The molecule has 0 saturated carbocycles. The highest BCUT2D eigenvalue weighted by atomic mass is 79.9. The molecule has 0 aliphatic heterocycles. The van der Waals surface area contributed by atoms with Crippen molar-refractivity contribution in [2.45, 2.75) is 59.7 Å². The van der Waals surface area contributed by atoms with Gasteiger partial charge in [0.05, 0.1) is 0 Å². The van der Waals surface area contributed by atoms with Gasteiger partial charge < -0.3 is 15.0 Å². The molecule has 5 nitrogen and oxygen atoms in total. The molecule has 0 aromatic heterocycles. The van der Waals surface area contributed by atoms with Crippen LogP contribution in [0.3, 0.4) is 0 Å². The van der Waals surface area contributed by atoms with E-state index in [0.717, 1.165) is 25.6 Å². The van der Waals surface area contributed by atoms with E-state index < -0.39 is 11.6 Å². The zero-order valence-corrected chi connectivity index (χ0v) is 22.1. The molecule has 0 bridgehead atoms. The summed E-state index contributed by atoms with van der Waals surface area (Å²) in [6.45, 7) is 11.6. The summed E-state index contributed by atoms with van der Waals surface area (Å²) >= 11 is 7.00. The van der Waals surface area contributed by atoms with Gasteiger partial charge in [-0.05, 0) is 82.5 Å². The molecule has 0 aliphatic carbocycles. The Bertz CT molecular complexity index is 931. The fraction of sp³-hybridized carbons (Fsp3) is 0.417. The molecule has 0 heterocycles. The number of ether oxygens (including phenoxy) is 1. The SMILES string of the molecule is Cc1cc(OCC(=O)N(Cc2cccc(Br)c2)[C@@H](C)C(=O)NC(C)(C)C)cc(C)c1Br. The van der Waals surface area contributed by atoms with Gasteiger partial charge in [0.1, 0.15) is 11.8 Å². The van der Waals surface area contributed by atoms with E-state index in [0.29, 0.717) is 12.3 Å². The number of nitrogens with one attached hydrogen (secondary N) is 1. The van der Waals surface area contributed by atoms with E-state index in [1.54, 1.807) is 11.8 Å². The first kappa shape index (κ1) is 25.4. The Kier molecular flexibility index (Phi) is 8.72. The zero-order chi connectivity index (χ0) is 23.3. The van der Waals surface area contributed by atoms with Gasteiger partial charge in [-0.1, -0.05) is 44.0 Å². The zero-order valence-electron chi connectivity index (χ0n) is 18.9. The molecule has 0 fully saturated rings. The average Bonchev–Trinajstić information content (AvgIpc) is 2.66. The lowest BCUT2D eigenvalue weighted by molar-refractivity contribution is -0.142. The summed E-state index contributed by atoms with van der Waals surface area (Å²) in [6.07, 6.45) is 0. The number of hydrogen-bond donors (Lipinski definition) is 1. The minimum absolute atomic E-state index is 0.151. The largest absolute Gasteiger partial charge is 0.484 e.